The summed E-state index contributed by atoms with van der Waals surface area (Å²) in [5.74, 6) is 1.17. The number of aromatic amines is 1. The summed E-state index contributed by atoms with van der Waals surface area (Å²) in [5.41, 5.74) is -0.482. The summed E-state index contributed by atoms with van der Waals surface area (Å²) in [6.07, 6.45) is 1.17. The van der Waals surface area contributed by atoms with E-state index in [9.17, 15) is 14.7 Å². The molecule has 2 N–H and O–H groups in total. The minimum atomic E-state index is -0.888. The quantitative estimate of drug-likeness (QED) is 0.620. The second-order valence-electron chi connectivity index (χ2n) is 7.13. The van der Waals surface area contributed by atoms with Crippen LogP contribution in [-0.2, 0) is 13.6 Å². The van der Waals surface area contributed by atoms with Crippen molar-refractivity contribution in [3.05, 3.63) is 50.1 Å². The Morgan fingerprint density at radius 3 is 2.62 bits per heavy atom. The standard InChI is InChI=1S/C19H22ClN5O4/c1-23-16-15(17(27)22-19(23)28)25(18(21-16)24-8-2-3-9-24)10-13(26)11-29-14-6-4-12(20)5-7-14/h4-7,13,26H,2-3,8-11H2,1H3,(H,22,27,28)/t13-/m1/s1. The summed E-state index contributed by atoms with van der Waals surface area (Å²) in [6, 6.07) is 6.85. The number of nitrogens with one attached hydrogen (secondary N) is 1. The highest BCUT2D eigenvalue weighted by molar-refractivity contribution is 6.30. The number of aromatic nitrogens is 4. The monoisotopic (exact) mass is 419 g/mol. The van der Waals surface area contributed by atoms with Crippen LogP contribution in [-0.4, -0.2) is 50.0 Å². The molecule has 154 valence electrons. The average Bonchev–Trinajstić information content (AvgIpc) is 3.34. The molecule has 3 aromatic rings. The van der Waals surface area contributed by atoms with Crippen molar-refractivity contribution in [1.82, 2.24) is 19.1 Å². The number of anilines is 1. The largest absolute Gasteiger partial charge is 0.491 e. The second-order valence-corrected chi connectivity index (χ2v) is 7.56. The molecule has 4 rings (SSSR count). The van der Waals surface area contributed by atoms with E-state index in [1.807, 2.05) is 0 Å². The Morgan fingerprint density at radius 2 is 1.93 bits per heavy atom. The van der Waals surface area contributed by atoms with Gasteiger partial charge in [0.2, 0.25) is 5.95 Å². The normalized spacial score (nSPS) is 15.2. The third kappa shape index (κ3) is 3.88. The molecule has 2 aromatic heterocycles. The molecule has 0 spiro atoms. The minimum Gasteiger partial charge on any atom is -0.491 e. The van der Waals surface area contributed by atoms with Crippen molar-refractivity contribution in [2.24, 2.45) is 7.05 Å². The zero-order chi connectivity index (χ0) is 20.5. The lowest BCUT2D eigenvalue weighted by molar-refractivity contribution is 0.0936. The fourth-order valence-electron chi connectivity index (χ4n) is 3.54. The highest BCUT2D eigenvalue weighted by Crippen LogP contribution is 2.24. The summed E-state index contributed by atoms with van der Waals surface area (Å²) < 4.78 is 8.61. The molecule has 1 atom stereocenters. The van der Waals surface area contributed by atoms with Gasteiger partial charge in [0.25, 0.3) is 5.56 Å². The number of halogens is 1. The van der Waals surface area contributed by atoms with Crippen LogP contribution in [0.3, 0.4) is 0 Å². The lowest BCUT2D eigenvalue weighted by Gasteiger charge is -2.20. The number of H-pyrrole nitrogens is 1. The lowest BCUT2D eigenvalue weighted by atomic mass is 10.3. The summed E-state index contributed by atoms with van der Waals surface area (Å²) in [7, 11) is 1.56. The van der Waals surface area contributed by atoms with Crippen molar-refractivity contribution in [1.29, 1.82) is 0 Å². The summed E-state index contributed by atoms with van der Waals surface area (Å²) in [5, 5.41) is 11.2. The predicted octanol–water partition coefficient (Wildman–Crippen LogP) is 1.12. The Balaban J connectivity index is 1.65. The fraction of sp³-hybridized carbons (Fsp3) is 0.421. The molecule has 1 aromatic carbocycles. The van der Waals surface area contributed by atoms with Gasteiger partial charge in [-0.3, -0.25) is 14.3 Å². The highest BCUT2D eigenvalue weighted by atomic mass is 35.5. The van der Waals surface area contributed by atoms with Gasteiger partial charge in [-0.2, -0.15) is 4.98 Å². The van der Waals surface area contributed by atoms with Crippen molar-refractivity contribution < 1.29 is 9.84 Å². The van der Waals surface area contributed by atoms with Crippen LogP contribution in [0.1, 0.15) is 12.8 Å². The Labute approximate surface area is 171 Å². The van der Waals surface area contributed by atoms with E-state index in [1.54, 1.807) is 35.9 Å². The molecule has 0 aliphatic carbocycles. The van der Waals surface area contributed by atoms with E-state index >= 15 is 0 Å². The topological polar surface area (TPSA) is 105 Å². The maximum atomic E-state index is 12.5. The van der Waals surface area contributed by atoms with E-state index in [4.69, 9.17) is 16.3 Å². The van der Waals surface area contributed by atoms with Crippen LogP contribution in [0.4, 0.5) is 5.95 Å². The number of hydrogen-bond acceptors (Lipinski definition) is 6. The molecule has 0 unspecified atom stereocenters. The molecule has 0 saturated carbocycles. The Kier molecular flexibility index (Phi) is 5.33. The minimum absolute atomic E-state index is 0.0322. The predicted molar refractivity (Wildman–Crippen MR) is 110 cm³/mol. The van der Waals surface area contributed by atoms with Crippen LogP contribution in [0.15, 0.2) is 33.9 Å². The van der Waals surface area contributed by atoms with E-state index < -0.39 is 17.4 Å². The van der Waals surface area contributed by atoms with Crippen molar-refractivity contribution >= 4 is 28.7 Å². The maximum absolute atomic E-state index is 12.5. The zero-order valence-corrected chi connectivity index (χ0v) is 16.7. The van der Waals surface area contributed by atoms with Crippen LogP contribution in [0.2, 0.25) is 5.02 Å². The van der Waals surface area contributed by atoms with E-state index in [-0.39, 0.29) is 18.7 Å². The van der Waals surface area contributed by atoms with Gasteiger partial charge in [0.05, 0.1) is 6.54 Å². The van der Waals surface area contributed by atoms with Gasteiger partial charge < -0.3 is 19.3 Å². The number of imidazole rings is 1. The molecule has 29 heavy (non-hydrogen) atoms. The average molecular weight is 420 g/mol. The van der Waals surface area contributed by atoms with Gasteiger partial charge in [-0.15, -0.1) is 0 Å². The van der Waals surface area contributed by atoms with Crippen LogP contribution in [0.5, 0.6) is 5.75 Å². The van der Waals surface area contributed by atoms with E-state index in [1.165, 1.54) is 4.57 Å². The molecule has 3 heterocycles. The number of benzene rings is 1. The van der Waals surface area contributed by atoms with E-state index in [0.29, 0.717) is 22.4 Å². The van der Waals surface area contributed by atoms with Gasteiger partial charge in [0.1, 0.15) is 18.5 Å². The molecule has 1 aliphatic heterocycles. The molecule has 10 heteroatoms. The summed E-state index contributed by atoms with van der Waals surface area (Å²) >= 11 is 5.87. The SMILES string of the molecule is Cn1c(=O)[nH]c(=O)c2c1nc(N1CCCC1)n2C[C@@H](O)COc1ccc(Cl)cc1. The maximum Gasteiger partial charge on any atom is 0.329 e. The summed E-state index contributed by atoms with van der Waals surface area (Å²) in [4.78, 5) is 33.4. The molecule has 1 saturated heterocycles. The van der Waals surface area contributed by atoms with Crippen LogP contribution >= 0.6 is 11.6 Å². The van der Waals surface area contributed by atoms with Crippen LogP contribution in [0, 0.1) is 0 Å². The Hall–Kier alpha value is -2.78. The number of aryl methyl sites for hydroxylation is 1. The number of aliphatic hydroxyl groups is 1. The number of rotatable bonds is 6. The van der Waals surface area contributed by atoms with Crippen molar-refractivity contribution in [3.8, 4) is 5.75 Å². The Morgan fingerprint density at radius 1 is 1.24 bits per heavy atom. The molecule has 0 amide bonds. The van der Waals surface area contributed by atoms with Gasteiger partial charge in [0.15, 0.2) is 11.2 Å². The second kappa shape index (κ2) is 7.92. The van der Waals surface area contributed by atoms with Gasteiger partial charge >= 0.3 is 5.69 Å². The molecular weight excluding hydrogens is 398 g/mol. The molecule has 1 aliphatic rings. The fourth-order valence-corrected chi connectivity index (χ4v) is 3.67. The highest BCUT2D eigenvalue weighted by Gasteiger charge is 2.25. The van der Waals surface area contributed by atoms with Crippen LogP contribution < -0.4 is 20.9 Å². The van der Waals surface area contributed by atoms with Crippen LogP contribution in [0.25, 0.3) is 11.2 Å². The van der Waals surface area contributed by atoms with Gasteiger partial charge in [-0.05, 0) is 37.1 Å². The first-order valence-electron chi connectivity index (χ1n) is 9.45. The van der Waals surface area contributed by atoms with Gasteiger partial charge in [-0.1, -0.05) is 11.6 Å². The molecule has 0 radical (unpaired) electrons. The van der Waals surface area contributed by atoms with E-state index in [2.05, 4.69) is 14.9 Å². The molecular formula is C19H22ClN5O4. The lowest BCUT2D eigenvalue weighted by Crippen LogP contribution is -2.31. The number of ether oxygens (including phenoxy) is 1. The first-order chi connectivity index (χ1) is 13.9. The number of hydrogen-bond donors (Lipinski definition) is 2. The first-order valence-corrected chi connectivity index (χ1v) is 9.83. The van der Waals surface area contributed by atoms with Gasteiger partial charge in [-0.25, -0.2) is 4.79 Å². The van der Waals surface area contributed by atoms with Crippen molar-refractivity contribution in [2.45, 2.75) is 25.5 Å². The third-order valence-corrected chi connectivity index (χ3v) is 5.28. The van der Waals surface area contributed by atoms with Gasteiger partial charge in [0, 0.05) is 25.2 Å². The van der Waals surface area contributed by atoms with Crippen molar-refractivity contribution in [2.75, 3.05) is 24.6 Å². The molecule has 0 bridgehead atoms. The zero-order valence-electron chi connectivity index (χ0n) is 16.0. The van der Waals surface area contributed by atoms with E-state index in [0.717, 1.165) is 25.9 Å². The molecule has 1 fully saturated rings. The third-order valence-electron chi connectivity index (χ3n) is 5.03. The molecule has 9 nitrogen and oxygen atoms in total. The number of aliphatic hydroxyl groups excluding tert-OH is 1. The number of fused-ring (bicyclic) bond motifs is 1. The van der Waals surface area contributed by atoms with Crippen molar-refractivity contribution in [3.63, 3.8) is 0 Å². The number of nitrogens with zero attached hydrogens (tertiary/aromatic N) is 4. The first kappa shape index (κ1) is 19.5. The Bertz CT molecular complexity index is 1130. The smallest absolute Gasteiger partial charge is 0.329 e. The summed E-state index contributed by atoms with van der Waals surface area (Å²) in [6.45, 7) is 1.76.